The van der Waals surface area contributed by atoms with Crippen LogP contribution in [0.4, 0.5) is 4.39 Å². The molecule has 0 aromatic heterocycles. The Balaban J connectivity index is 1.94. The first-order chi connectivity index (χ1) is 14.5. The first-order valence-corrected chi connectivity index (χ1v) is 9.52. The molecule has 7 heteroatoms. The van der Waals surface area contributed by atoms with E-state index in [9.17, 15) is 14.0 Å². The largest absolute Gasteiger partial charge is 0.493 e. The number of carbonyl (C=O) groups excluding carboxylic acids is 2. The van der Waals surface area contributed by atoms with E-state index >= 15 is 0 Å². The van der Waals surface area contributed by atoms with E-state index in [1.54, 1.807) is 36.3 Å². The van der Waals surface area contributed by atoms with Crippen molar-refractivity contribution in [1.29, 1.82) is 0 Å². The Kier molecular flexibility index (Phi) is 6.72. The summed E-state index contributed by atoms with van der Waals surface area (Å²) in [7, 11) is 4.41. The number of methoxy groups -OCH3 is 3. The lowest BCUT2D eigenvalue weighted by atomic mass is 9.90. The Morgan fingerprint density at radius 2 is 1.87 bits per heavy atom. The predicted octanol–water partition coefficient (Wildman–Crippen LogP) is 3.55. The van der Waals surface area contributed by atoms with Crippen LogP contribution in [0, 0.1) is 5.82 Å². The van der Waals surface area contributed by atoms with E-state index < -0.39 is 12.0 Å². The lowest BCUT2D eigenvalue weighted by Crippen LogP contribution is -2.40. The van der Waals surface area contributed by atoms with Crippen LogP contribution in [0.1, 0.15) is 29.2 Å². The van der Waals surface area contributed by atoms with Gasteiger partial charge in [0.25, 0.3) is 0 Å². The van der Waals surface area contributed by atoms with Gasteiger partial charge in [0.05, 0.1) is 33.8 Å². The summed E-state index contributed by atoms with van der Waals surface area (Å²) in [6, 6.07) is 9.15. The van der Waals surface area contributed by atoms with Gasteiger partial charge in [0.1, 0.15) is 5.82 Å². The summed E-state index contributed by atoms with van der Waals surface area (Å²) in [6.45, 7) is 0.427. The number of benzene rings is 2. The fourth-order valence-electron chi connectivity index (χ4n) is 3.63. The molecule has 0 unspecified atom stereocenters. The molecule has 2 aromatic rings. The fourth-order valence-corrected chi connectivity index (χ4v) is 3.63. The minimum Gasteiger partial charge on any atom is -0.493 e. The Hall–Kier alpha value is -3.35. The highest BCUT2D eigenvalue weighted by Gasteiger charge is 2.33. The van der Waals surface area contributed by atoms with Crippen molar-refractivity contribution in [2.75, 3.05) is 27.9 Å². The average Bonchev–Trinajstić information content (AvgIpc) is 2.76. The van der Waals surface area contributed by atoms with Gasteiger partial charge in [0.2, 0.25) is 5.91 Å². The molecular formula is C23H24FNO5. The van der Waals surface area contributed by atoms with Gasteiger partial charge in [0, 0.05) is 12.6 Å². The molecule has 6 nitrogen and oxygen atoms in total. The number of ether oxygens (including phenoxy) is 3. The van der Waals surface area contributed by atoms with Gasteiger partial charge in [-0.25, -0.2) is 4.39 Å². The minimum absolute atomic E-state index is 0.0124. The maximum Gasteiger partial charge on any atom is 0.307 e. The van der Waals surface area contributed by atoms with Crippen LogP contribution in [0.15, 0.2) is 42.5 Å². The van der Waals surface area contributed by atoms with Gasteiger partial charge >= 0.3 is 5.97 Å². The molecule has 0 saturated heterocycles. The molecule has 0 fully saturated rings. The van der Waals surface area contributed by atoms with Crippen LogP contribution in [-0.4, -0.2) is 44.7 Å². The molecule has 0 saturated carbocycles. The SMILES string of the molecule is COC(=O)C[C@@H]1c2cc(OC)c(OC)cc2CCN1C(=O)/C=C/c1cccc(F)c1. The van der Waals surface area contributed by atoms with Gasteiger partial charge in [-0.2, -0.15) is 0 Å². The molecule has 2 aromatic carbocycles. The monoisotopic (exact) mass is 413 g/mol. The molecule has 1 heterocycles. The fraction of sp³-hybridized carbons (Fsp3) is 0.304. The number of esters is 1. The summed E-state index contributed by atoms with van der Waals surface area (Å²) in [4.78, 5) is 26.7. The van der Waals surface area contributed by atoms with E-state index in [1.165, 1.54) is 32.4 Å². The van der Waals surface area contributed by atoms with Gasteiger partial charge in [-0.05, 0) is 53.5 Å². The summed E-state index contributed by atoms with van der Waals surface area (Å²) in [6.07, 6.45) is 3.57. The first kappa shape index (κ1) is 21.4. The molecule has 0 spiro atoms. The van der Waals surface area contributed by atoms with Gasteiger partial charge in [-0.1, -0.05) is 12.1 Å². The summed E-state index contributed by atoms with van der Waals surface area (Å²) in [5.74, 6) is 0.0545. The molecule has 3 rings (SSSR count). The van der Waals surface area contributed by atoms with E-state index in [4.69, 9.17) is 14.2 Å². The Morgan fingerprint density at radius 1 is 1.13 bits per heavy atom. The normalized spacial score (nSPS) is 15.6. The van der Waals surface area contributed by atoms with Crippen molar-refractivity contribution in [3.8, 4) is 11.5 Å². The number of rotatable bonds is 6. The number of carbonyl (C=O) groups is 2. The lowest BCUT2D eigenvalue weighted by Gasteiger charge is -2.36. The van der Waals surface area contributed by atoms with Crippen LogP contribution in [0.2, 0.25) is 0 Å². The topological polar surface area (TPSA) is 65.1 Å². The number of nitrogens with zero attached hydrogens (tertiary/aromatic N) is 1. The molecule has 0 N–H and O–H groups in total. The lowest BCUT2D eigenvalue weighted by molar-refractivity contribution is -0.143. The molecule has 1 aliphatic heterocycles. The molecule has 1 aliphatic rings. The second kappa shape index (κ2) is 9.43. The first-order valence-electron chi connectivity index (χ1n) is 9.52. The molecule has 0 bridgehead atoms. The number of hydrogen-bond acceptors (Lipinski definition) is 5. The van der Waals surface area contributed by atoms with Crippen molar-refractivity contribution in [3.05, 3.63) is 65.0 Å². The van der Waals surface area contributed by atoms with Gasteiger partial charge < -0.3 is 19.1 Å². The number of fused-ring (bicyclic) bond motifs is 1. The van der Waals surface area contributed by atoms with Gasteiger partial charge in [-0.3, -0.25) is 9.59 Å². The van der Waals surface area contributed by atoms with Crippen LogP contribution in [-0.2, 0) is 20.7 Å². The van der Waals surface area contributed by atoms with Crippen LogP contribution in [0.5, 0.6) is 11.5 Å². The molecule has 1 atom stereocenters. The van der Waals surface area contributed by atoms with E-state index in [0.717, 1.165) is 11.1 Å². The quantitative estimate of drug-likeness (QED) is 0.535. The van der Waals surface area contributed by atoms with Crippen molar-refractivity contribution in [2.24, 2.45) is 0 Å². The van der Waals surface area contributed by atoms with Crippen LogP contribution >= 0.6 is 0 Å². The Morgan fingerprint density at radius 3 is 2.53 bits per heavy atom. The average molecular weight is 413 g/mol. The molecule has 0 radical (unpaired) electrons. The highest BCUT2D eigenvalue weighted by atomic mass is 19.1. The second-order valence-corrected chi connectivity index (χ2v) is 6.87. The van der Waals surface area contributed by atoms with Crippen molar-refractivity contribution in [1.82, 2.24) is 4.90 Å². The van der Waals surface area contributed by atoms with Crippen LogP contribution in [0.3, 0.4) is 0 Å². The summed E-state index contributed by atoms with van der Waals surface area (Å²) >= 11 is 0. The smallest absolute Gasteiger partial charge is 0.307 e. The van der Waals surface area contributed by atoms with Crippen molar-refractivity contribution >= 4 is 18.0 Å². The zero-order chi connectivity index (χ0) is 21.7. The molecule has 1 amide bonds. The van der Waals surface area contributed by atoms with Crippen LogP contribution < -0.4 is 9.47 Å². The zero-order valence-electron chi connectivity index (χ0n) is 17.2. The zero-order valence-corrected chi connectivity index (χ0v) is 17.2. The third-order valence-corrected chi connectivity index (χ3v) is 5.14. The highest BCUT2D eigenvalue weighted by Crippen LogP contribution is 2.39. The molecule has 0 aliphatic carbocycles. The Bertz CT molecular complexity index is 972. The molecular weight excluding hydrogens is 389 g/mol. The van der Waals surface area contributed by atoms with Crippen molar-refractivity contribution in [2.45, 2.75) is 18.9 Å². The number of halogens is 1. The van der Waals surface area contributed by atoms with E-state index in [-0.39, 0.29) is 18.1 Å². The van der Waals surface area contributed by atoms with Crippen molar-refractivity contribution < 1.29 is 28.2 Å². The Labute approximate surface area is 174 Å². The molecule has 30 heavy (non-hydrogen) atoms. The van der Waals surface area contributed by atoms with E-state index in [0.29, 0.717) is 30.0 Å². The minimum atomic E-state index is -0.509. The van der Waals surface area contributed by atoms with Gasteiger partial charge in [0.15, 0.2) is 11.5 Å². The number of amides is 1. The third-order valence-electron chi connectivity index (χ3n) is 5.14. The summed E-state index contributed by atoms with van der Waals surface area (Å²) in [5.41, 5.74) is 2.38. The summed E-state index contributed by atoms with van der Waals surface area (Å²) in [5, 5.41) is 0. The maximum atomic E-state index is 13.4. The molecule has 158 valence electrons. The van der Waals surface area contributed by atoms with Gasteiger partial charge in [-0.15, -0.1) is 0 Å². The van der Waals surface area contributed by atoms with E-state index in [1.807, 2.05) is 6.07 Å². The van der Waals surface area contributed by atoms with Crippen LogP contribution in [0.25, 0.3) is 6.08 Å². The number of hydrogen-bond donors (Lipinski definition) is 0. The second-order valence-electron chi connectivity index (χ2n) is 6.87. The third kappa shape index (κ3) is 4.62. The standard InChI is InChI=1S/C23H24FNO5/c1-28-20-12-16-9-10-25(22(26)8-7-15-5-4-6-17(24)11-15)19(14-23(27)30-3)18(16)13-21(20)29-2/h4-8,11-13,19H,9-10,14H2,1-3H3/b8-7+/t19-/m1/s1. The maximum absolute atomic E-state index is 13.4. The summed E-state index contributed by atoms with van der Waals surface area (Å²) < 4.78 is 29.0. The highest BCUT2D eigenvalue weighted by molar-refractivity contribution is 5.92. The van der Waals surface area contributed by atoms with E-state index in [2.05, 4.69) is 0 Å². The van der Waals surface area contributed by atoms with Crippen molar-refractivity contribution in [3.63, 3.8) is 0 Å². The predicted molar refractivity (Wildman–Crippen MR) is 110 cm³/mol.